The van der Waals surface area contributed by atoms with E-state index in [1.807, 2.05) is 6.92 Å². The predicted octanol–water partition coefficient (Wildman–Crippen LogP) is 3.32. The van der Waals surface area contributed by atoms with Crippen LogP contribution in [0.2, 0.25) is 0 Å². The molecule has 0 spiro atoms. The van der Waals surface area contributed by atoms with Gasteiger partial charge in [0, 0.05) is 6.42 Å². The number of unbranched alkanes of at least 4 members (excludes halogenated alkanes) is 2. The number of carbonyl (C=O) groups is 1. The van der Waals surface area contributed by atoms with Gasteiger partial charge in [-0.3, -0.25) is 4.79 Å². The van der Waals surface area contributed by atoms with Crippen molar-refractivity contribution in [3.63, 3.8) is 0 Å². The fraction of sp³-hybridized carbons (Fsp3) is 0.750. The monoisotopic (exact) mass is 198 g/mol. The van der Waals surface area contributed by atoms with Crippen molar-refractivity contribution in [3.8, 4) is 0 Å². The minimum Gasteiger partial charge on any atom is -0.466 e. The summed E-state index contributed by atoms with van der Waals surface area (Å²) in [5.74, 6) is 0.556. The summed E-state index contributed by atoms with van der Waals surface area (Å²) in [6.45, 7) is 6.65. The molecule has 0 aromatic carbocycles. The molecule has 0 fully saturated rings. The van der Waals surface area contributed by atoms with Crippen LogP contribution >= 0.6 is 0 Å². The molecule has 0 atom stereocenters. The van der Waals surface area contributed by atoms with Crippen molar-refractivity contribution in [3.05, 3.63) is 12.2 Å². The van der Waals surface area contributed by atoms with Crippen LogP contribution in [0.4, 0.5) is 0 Å². The second kappa shape index (κ2) is 8.79. The van der Waals surface area contributed by atoms with Crippen LogP contribution in [0.15, 0.2) is 12.2 Å². The molecule has 0 heterocycles. The Morgan fingerprint density at radius 2 is 2.07 bits per heavy atom. The number of carbonyl (C=O) groups excluding carboxylic acids is 1. The van der Waals surface area contributed by atoms with Gasteiger partial charge in [-0.05, 0) is 32.1 Å². The van der Waals surface area contributed by atoms with Gasteiger partial charge in [-0.15, -0.1) is 0 Å². The fourth-order valence-electron chi connectivity index (χ4n) is 1.13. The van der Waals surface area contributed by atoms with Gasteiger partial charge in [0.25, 0.3) is 0 Å². The van der Waals surface area contributed by atoms with Crippen LogP contribution in [0.25, 0.3) is 0 Å². The minimum atomic E-state index is -0.0691. The maximum atomic E-state index is 10.9. The summed E-state index contributed by atoms with van der Waals surface area (Å²) < 4.78 is 4.83. The van der Waals surface area contributed by atoms with Crippen LogP contribution in [0.5, 0.6) is 0 Å². The first-order chi connectivity index (χ1) is 6.66. The SMILES string of the molecule is CCOC(=O)CCCC/C=C\C(C)C. The number of ether oxygens (including phenoxy) is 1. The van der Waals surface area contributed by atoms with E-state index in [1.54, 1.807) is 0 Å². The van der Waals surface area contributed by atoms with Gasteiger partial charge in [0.1, 0.15) is 0 Å². The second-order valence-electron chi connectivity index (χ2n) is 3.72. The van der Waals surface area contributed by atoms with Gasteiger partial charge >= 0.3 is 5.97 Å². The van der Waals surface area contributed by atoms with E-state index in [9.17, 15) is 4.79 Å². The molecule has 2 heteroatoms. The molecule has 82 valence electrons. The van der Waals surface area contributed by atoms with E-state index in [0.29, 0.717) is 18.9 Å². The smallest absolute Gasteiger partial charge is 0.305 e. The van der Waals surface area contributed by atoms with E-state index in [0.717, 1.165) is 19.3 Å². The van der Waals surface area contributed by atoms with Crippen molar-refractivity contribution in [2.24, 2.45) is 5.92 Å². The molecule has 0 N–H and O–H groups in total. The molecule has 0 aromatic rings. The summed E-state index contributed by atoms with van der Waals surface area (Å²) in [6, 6.07) is 0. The van der Waals surface area contributed by atoms with Crippen molar-refractivity contribution in [2.45, 2.75) is 46.5 Å². The average molecular weight is 198 g/mol. The molecule has 2 nitrogen and oxygen atoms in total. The Kier molecular flexibility index (Phi) is 8.30. The Bertz CT molecular complexity index is 171. The zero-order valence-electron chi connectivity index (χ0n) is 9.58. The highest BCUT2D eigenvalue weighted by molar-refractivity contribution is 5.69. The molecule has 0 aromatic heterocycles. The zero-order valence-corrected chi connectivity index (χ0v) is 9.58. The number of hydrogen-bond acceptors (Lipinski definition) is 2. The molecule has 0 radical (unpaired) electrons. The lowest BCUT2D eigenvalue weighted by molar-refractivity contribution is -0.143. The molecule has 14 heavy (non-hydrogen) atoms. The third-order valence-corrected chi connectivity index (χ3v) is 1.83. The lowest BCUT2D eigenvalue weighted by atomic mass is 10.1. The quantitative estimate of drug-likeness (QED) is 0.356. The fourth-order valence-corrected chi connectivity index (χ4v) is 1.13. The highest BCUT2D eigenvalue weighted by Gasteiger charge is 1.99. The standard InChI is InChI=1S/C12H22O2/c1-4-14-12(13)10-8-6-5-7-9-11(2)3/h7,9,11H,4-6,8,10H2,1-3H3/b9-7-. The van der Waals surface area contributed by atoms with Crippen LogP contribution in [0, 0.1) is 5.92 Å². The van der Waals surface area contributed by atoms with Crippen molar-refractivity contribution in [1.82, 2.24) is 0 Å². The van der Waals surface area contributed by atoms with Gasteiger partial charge in [-0.1, -0.05) is 26.0 Å². The molecule has 0 saturated heterocycles. The van der Waals surface area contributed by atoms with Gasteiger partial charge < -0.3 is 4.74 Å². The maximum Gasteiger partial charge on any atom is 0.305 e. The summed E-state index contributed by atoms with van der Waals surface area (Å²) in [5, 5.41) is 0. The molecule has 0 unspecified atom stereocenters. The summed E-state index contributed by atoms with van der Waals surface area (Å²) in [7, 11) is 0. The molecule has 0 aliphatic carbocycles. The third kappa shape index (κ3) is 9.30. The van der Waals surface area contributed by atoms with E-state index in [-0.39, 0.29) is 5.97 Å². The second-order valence-corrected chi connectivity index (χ2v) is 3.72. The van der Waals surface area contributed by atoms with Crippen LogP contribution < -0.4 is 0 Å². The summed E-state index contributed by atoms with van der Waals surface area (Å²) in [6.07, 6.45) is 8.02. The predicted molar refractivity (Wildman–Crippen MR) is 59.1 cm³/mol. The molecule has 0 saturated carbocycles. The number of esters is 1. The van der Waals surface area contributed by atoms with E-state index in [1.165, 1.54) is 0 Å². The first kappa shape index (κ1) is 13.2. The highest BCUT2D eigenvalue weighted by Crippen LogP contribution is 2.03. The lowest BCUT2D eigenvalue weighted by Gasteiger charge is -2.00. The Labute approximate surface area is 87.3 Å². The third-order valence-electron chi connectivity index (χ3n) is 1.83. The summed E-state index contributed by atoms with van der Waals surface area (Å²) in [5.41, 5.74) is 0. The van der Waals surface area contributed by atoms with Gasteiger partial charge in [0.15, 0.2) is 0 Å². The Morgan fingerprint density at radius 1 is 1.36 bits per heavy atom. The maximum absolute atomic E-state index is 10.9. The topological polar surface area (TPSA) is 26.3 Å². The van der Waals surface area contributed by atoms with Gasteiger partial charge in [-0.2, -0.15) is 0 Å². The van der Waals surface area contributed by atoms with Gasteiger partial charge in [0.2, 0.25) is 0 Å². The van der Waals surface area contributed by atoms with Crippen molar-refractivity contribution < 1.29 is 9.53 Å². The van der Waals surface area contributed by atoms with E-state index < -0.39 is 0 Å². The van der Waals surface area contributed by atoms with E-state index in [4.69, 9.17) is 4.74 Å². The van der Waals surface area contributed by atoms with E-state index >= 15 is 0 Å². The number of rotatable bonds is 7. The Balaban J connectivity index is 3.25. The molecular weight excluding hydrogens is 176 g/mol. The first-order valence-electron chi connectivity index (χ1n) is 5.49. The molecule has 0 aliphatic heterocycles. The zero-order chi connectivity index (χ0) is 10.8. The molecule has 0 bridgehead atoms. The van der Waals surface area contributed by atoms with Gasteiger partial charge in [-0.25, -0.2) is 0 Å². The van der Waals surface area contributed by atoms with Crippen LogP contribution in [-0.2, 0) is 9.53 Å². The van der Waals surface area contributed by atoms with Crippen LogP contribution in [0.1, 0.15) is 46.5 Å². The van der Waals surface area contributed by atoms with Crippen molar-refractivity contribution in [2.75, 3.05) is 6.61 Å². The normalized spacial score (nSPS) is 11.1. The van der Waals surface area contributed by atoms with Crippen molar-refractivity contribution >= 4 is 5.97 Å². The van der Waals surface area contributed by atoms with Gasteiger partial charge in [0.05, 0.1) is 6.61 Å². The molecular formula is C12H22O2. The lowest BCUT2D eigenvalue weighted by Crippen LogP contribution is -2.02. The largest absolute Gasteiger partial charge is 0.466 e. The first-order valence-corrected chi connectivity index (χ1v) is 5.49. The molecule has 0 aliphatic rings. The molecule has 0 rings (SSSR count). The summed E-state index contributed by atoms with van der Waals surface area (Å²) >= 11 is 0. The van der Waals surface area contributed by atoms with E-state index in [2.05, 4.69) is 26.0 Å². The minimum absolute atomic E-state index is 0.0691. The Morgan fingerprint density at radius 3 is 2.64 bits per heavy atom. The Hall–Kier alpha value is -0.790. The van der Waals surface area contributed by atoms with Crippen LogP contribution in [0.3, 0.4) is 0 Å². The van der Waals surface area contributed by atoms with Crippen molar-refractivity contribution in [1.29, 1.82) is 0 Å². The molecule has 0 amide bonds. The number of hydrogen-bond donors (Lipinski definition) is 0. The van der Waals surface area contributed by atoms with Crippen LogP contribution in [-0.4, -0.2) is 12.6 Å². The highest BCUT2D eigenvalue weighted by atomic mass is 16.5. The summed E-state index contributed by atoms with van der Waals surface area (Å²) in [4.78, 5) is 10.9. The number of allylic oxidation sites excluding steroid dienone is 2. The average Bonchev–Trinajstić information content (AvgIpc) is 2.11.